The van der Waals surface area contributed by atoms with Gasteiger partial charge in [0.05, 0.1) is 5.69 Å². The summed E-state index contributed by atoms with van der Waals surface area (Å²) in [5.41, 5.74) is 17.6. The number of hydrogen-bond acceptors (Lipinski definition) is 2. The lowest BCUT2D eigenvalue weighted by Gasteiger charge is -2.28. The van der Waals surface area contributed by atoms with E-state index in [9.17, 15) is 0 Å². The summed E-state index contributed by atoms with van der Waals surface area (Å²) in [5.74, 6) is 0. The monoisotopic (exact) mass is 729 g/mol. The normalized spacial score (nSPS) is 12.9. The van der Waals surface area contributed by atoms with E-state index >= 15 is 0 Å². The van der Waals surface area contributed by atoms with E-state index in [1.54, 1.807) is 0 Å². The van der Waals surface area contributed by atoms with Crippen molar-refractivity contribution < 1.29 is 4.42 Å². The fourth-order valence-electron chi connectivity index (χ4n) is 9.28. The summed E-state index contributed by atoms with van der Waals surface area (Å²) in [7, 11) is 0. The molecule has 0 saturated heterocycles. The number of fused-ring (bicyclic) bond motifs is 7. The van der Waals surface area contributed by atoms with E-state index in [-0.39, 0.29) is 5.41 Å². The van der Waals surface area contributed by atoms with Gasteiger partial charge >= 0.3 is 0 Å². The number of furan rings is 1. The molecule has 0 atom stereocenters. The molecule has 2 heteroatoms. The highest BCUT2D eigenvalue weighted by Crippen LogP contribution is 2.52. The van der Waals surface area contributed by atoms with Gasteiger partial charge in [-0.05, 0) is 115 Å². The lowest BCUT2D eigenvalue weighted by atomic mass is 9.79. The Balaban J connectivity index is 1.05. The van der Waals surface area contributed by atoms with Crippen LogP contribution in [0.5, 0.6) is 0 Å². The fourth-order valence-corrected chi connectivity index (χ4v) is 9.28. The Labute approximate surface area is 332 Å². The van der Waals surface area contributed by atoms with E-state index in [1.165, 1.54) is 55.3 Å². The largest absolute Gasteiger partial charge is 0.456 e. The van der Waals surface area contributed by atoms with Crippen LogP contribution in [-0.4, -0.2) is 0 Å². The third-order valence-corrected chi connectivity index (χ3v) is 12.0. The molecule has 270 valence electrons. The van der Waals surface area contributed by atoms with Gasteiger partial charge in [-0.2, -0.15) is 0 Å². The van der Waals surface area contributed by atoms with Crippen LogP contribution in [0.15, 0.2) is 205 Å². The van der Waals surface area contributed by atoms with E-state index in [0.717, 1.165) is 50.1 Å². The minimum absolute atomic E-state index is 0.0961. The van der Waals surface area contributed by atoms with Gasteiger partial charge in [-0.15, -0.1) is 0 Å². The molecule has 57 heavy (non-hydrogen) atoms. The number of benzene rings is 9. The highest BCUT2D eigenvalue weighted by atomic mass is 16.3. The fraction of sp³-hybridized carbons (Fsp3) is 0.0545. The summed E-state index contributed by atoms with van der Waals surface area (Å²) < 4.78 is 6.41. The topological polar surface area (TPSA) is 16.4 Å². The Kier molecular flexibility index (Phi) is 7.55. The number of anilines is 3. The summed E-state index contributed by atoms with van der Waals surface area (Å²) in [6.45, 7) is 4.72. The number of para-hydroxylation sites is 1. The van der Waals surface area contributed by atoms with E-state index < -0.39 is 0 Å². The average molecular weight is 730 g/mol. The SMILES string of the molecule is CC1(C)c2ccccc2-c2cccc(-c3ccc(N(c4ccc(-c5ccccc5)cc4)c4ccccc4-c4ccc5oc6cc7ccccc7cc6c5c4)cc3)c21. The summed E-state index contributed by atoms with van der Waals surface area (Å²) in [6, 6.07) is 72.6. The van der Waals surface area contributed by atoms with Crippen molar-refractivity contribution in [3.8, 4) is 44.5 Å². The molecule has 0 fully saturated rings. The lowest BCUT2D eigenvalue weighted by molar-refractivity contribution is 0.662. The summed E-state index contributed by atoms with van der Waals surface area (Å²) in [5, 5.41) is 4.64. The maximum Gasteiger partial charge on any atom is 0.136 e. The first-order chi connectivity index (χ1) is 28.0. The molecule has 0 unspecified atom stereocenters. The second-order valence-corrected chi connectivity index (χ2v) is 15.7. The Morgan fingerprint density at radius 1 is 0.386 bits per heavy atom. The van der Waals surface area contributed by atoms with Crippen LogP contribution in [0.25, 0.3) is 77.2 Å². The van der Waals surface area contributed by atoms with Crippen LogP contribution in [0, 0.1) is 0 Å². The number of nitrogens with zero attached hydrogens (tertiary/aromatic N) is 1. The zero-order valence-electron chi connectivity index (χ0n) is 31.9. The van der Waals surface area contributed by atoms with Gasteiger partial charge < -0.3 is 9.32 Å². The van der Waals surface area contributed by atoms with Gasteiger partial charge in [0.1, 0.15) is 11.2 Å². The van der Waals surface area contributed by atoms with Gasteiger partial charge in [-0.1, -0.05) is 159 Å². The molecular formula is C55H39NO. The predicted octanol–water partition coefficient (Wildman–Crippen LogP) is 15.5. The molecule has 0 N–H and O–H groups in total. The molecule has 0 spiro atoms. The first-order valence-corrected chi connectivity index (χ1v) is 19.8. The first-order valence-electron chi connectivity index (χ1n) is 19.8. The van der Waals surface area contributed by atoms with E-state index in [4.69, 9.17) is 4.42 Å². The minimum Gasteiger partial charge on any atom is -0.456 e. The van der Waals surface area contributed by atoms with Crippen molar-refractivity contribution in [3.05, 3.63) is 211 Å². The van der Waals surface area contributed by atoms with Crippen LogP contribution >= 0.6 is 0 Å². The van der Waals surface area contributed by atoms with Gasteiger partial charge in [0.15, 0.2) is 0 Å². The molecular weight excluding hydrogens is 691 g/mol. The summed E-state index contributed by atoms with van der Waals surface area (Å²) in [4.78, 5) is 2.40. The minimum atomic E-state index is -0.0961. The maximum atomic E-state index is 6.41. The van der Waals surface area contributed by atoms with E-state index in [1.807, 2.05) is 0 Å². The Morgan fingerprint density at radius 2 is 0.947 bits per heavy atom. The molecule has 10 aromatic rings. The van der Waals surface area contributed by atoms with E-state index in [0.29, 0.717) is 0 Å². The van der Waals surface area contributed by atoms with Crippen molar-refractivity contribution in [2.75, 3.05) is 4.90 Å². The zero-order chi connectivity index (χ0) is 38.1. The summed E-state index contributed by atoms with van der Waals surface area (Å²) >= 11 is 0. The number of hydrogen-bond donors (Lipinski definition) is 0. The Bertz CT molecular complexity index is 3130. The zero-order valence-corrected chi connectivity index (χ0v) is 31.9. The molecule has 0 saturated carbocycles. The van der Waals surface area contributed by atoms with Gasteiger partial charge in [0, 0.05) is 33.1 Å². The molecule has 0 amide bonds. The predicted molar refractivity (Wildman–Crippen MR) is 240 cm³/mol. The van der Waals surface area contributed by atoms with Gasteiger partial charge in [-0.25, -0.2) is 0 Å². The van der Waals surface area contributed by atoms with Crippen LogP contribution < -0.4 is 4.90 Å². The van der Waals surface area contributed by atoms with Crippen molar-refractivity contribution in [3.63, 3.8) is 0 Å². The number of rotatable bonds is 6. The molecule has 2 nitrogen and oxygen atoms in total. The quantitative estimate of drug-likeness (QED) is 0.169. The van der Waals surface area contributed by atoms with Crippen molar-refractivity contribution in [2.45, 2.75) is 19.3 Å². The van der Waals surface area contributed by atoms with Crippen LogP contribution in [0.1, 0.15) is 25.0 Å². The lowest BCUT2D eigenvalue weighted by Crippen LogP contribution is -2.16. The molecule has 1 heterocycles. The molecule has 0 radical (unpaired) electrons. The molecule has 9 aromatic carbocycles. The smallest absolute Gasteiger partial charge is 0.136 e. The second kappa shape index (κ2) is 13.0. The van der Waals surface area contributed by atoms with Crippen molar-refractivity contribution >= 4 is 49.8 Å². The summed E-state index contributed by atoms with van der Waals surface area (Å²) in [6.07, 6.45) is 0. The molecule has 1 aliphatic carbocycles. The average Bonchev–Trinajstić information content (AvgIpc) is 3.74. The van der Waals surface area contributed by atoms with Crippen molar-refractivity contribution in [1.82, 2.24) is 0 Å². The molecule has 11 rings (SSSR count). The van der Waals surface area contributed by atoms with Crippen LogP contribution in [0.3, 0.4) is 0 Å². The van der Waals surface area contributed by atoms with Crippen LogP contribution in [0.2, 0.25) is 0 Å². The molecule has 0 aliphatic heterocycles. The van der Waals surface area contributed by atoms with Crippen LogP contribution in [-0.2, 0) is 5.41 Å². The highest BCUT2D eigenvalue weighted by Gasteiger charge is 2.37. The molecule has 0 bridgehead atoms. The molecule has 1 aromatic heterocycles. The van der Waals surface area contributed by atoms with Gasteiger partial charge in [0.25, 0.3) is 0 Å². The van der Waals surface area contributed by atoms with Crippen molar-refractivity contribution in [1.29, 1.82) is 0 Å². The molecule has 1 aliphatic rings. The first kappa shape index (κ1) is 33.2. The standard InChI is InChI=1S/C55H39NO/c1-55(2)50-21-10-8-18-46(50)47-20-12-19-45(54(47)55)38-25-30-43(31-26-38)56(42-28-23-37(24-29-42)36-13-4-3-5-14-36)51-22-11-9-17-44(51)41-27-32-52-48(34-41)49-33-39-15-6-7-16-40(39)35-53(49)57-52/h3-35H,1-2H3. The van der Waals surface area contributed by atoms with Gasteiger partial charge in [-0.3, -0.25) is 0 Å². The third-order valence-electron chi connectivity index (χ3n) is 12.0. The van der Waals surface area contributed by atoms with Gasteiger partial charge in [0.2, 0.25) is 0 Å². The Morgan fingerprint density at radius 3 is 1.72 bits per heavy atom. The second-order valence-electron chi connectivity index (χ2n) is 15.7. The van der Waals surface area contributed by atoms with Crippen LogP contribution in [0.4, 0.5) is 17.1 Å². The van der Waals surface area contributed by atoms with E-state index in [2.05, 4.69) is 219 Å². The highest BCUT2D eigenvalue weighted by molar-refractivity contribution is 6.11. The Hall–Kier alpha value is -7.16. The maximum absolute atomic E-state index is 6.41. The van der Waals surface area contributed by atoms with Crippen molar-refractivity contribution in [2.24, 2.45) is 0 Å². The third kappa shape index (κ3) is 5.40.